The number of nitrogens with zero attached hydrogens (tertiary/aromatic N) is 2. The highest BCUT2D eigenvalue weighted by Crippen LogP contribution is 2.31. The number of amides is 1. The topological polar surface area (TPSA) is 25.2 Å². The Hall–Kier alpha value is -2.27. The molecule has 3 nitrogen and oxygen atoms in total. The van der Waals surface area contributed by atoms with Crippen molar-refractivity contribution in [1.82, 2.24) is 9.47 Å². The minimum absolute atomic E-state index is 0.217. The number of aromatic nitrogens is 1. The molecule has 29 heavy (non-hydrogen) atoms. The molecule has 0 radical (unpaired) electrons. The van der Waals surface area contributed by atoms with Crippen molar-refractivity contribution in [2.24, 2.45) is 0 Å². The molecule has 1 amide bonds. The van der Waals surface area contributed by atoms with Crippen LogP contribution < -0.4 is 0 Å². The van der Waals surface area contributed by atoms with Crippen LogP contribution in [0.4, 0.5) is 4.39 Å². The summed E-state index contributed by atoms with van der Waals surface area (Å²) in [6, 6.07) is 15.3. The Morgan fingerprint density at radius 2 is 2.03 bits per heavy atom. The van der Waals surface area contributed by atoms with Crippen molar-refractivity contribution >= 4 is 28.6 Å². The quantitative estimate of drug-likeness (QED) is 0.486. The molecular formula is C24H27FN2OS. The van der Waals surface area contributed by atoms with Gasteiger partial charge in [0.05, 0.1) is 5.75 Å². The van der Waals surface area contributed by atoms with E-state index in [2.05, 4.69) is 34.7 Å². The van der Waals surface area contributed by atoms with Gasteiger partial charge in [0.25, 0.3) is 0 Å². The van der Waals surface area contributed by atoms with Gasteiger partial charge in [0, 0.05) is 41.1 Å². The Morgan fingerprint density at radius 1 is 1.17 bits per heavy atom. The molecule has 5 heteroatoms. The molecular weight excluding hydrogens is 383 g/mol. The van der Waals surface area contributed by atoms with Crippen LogP contribution in [0.1, 0.15) is 38.2 Å². The highest BCUT2D eigenvalue weighted by molar-refractivity contribution is 8.00. The molecule has 1 aliphatic heterocycles. The number of benzene rings is 2. The van der Waals surface area contributed by atoms with Crippen LogP contribution in [0.5, 0.6) is 0 Å². The maximum absolute atomic E-state index is 13.6. The van der Waals surface area contributed by atoms with Crippen LogP contribution in [-0.2, 0) is 11.3 Å². The van der Waals surface area contributed by atoms with E-state index in [0.717, 1.165) is 47.2 Å². The molecule has 1 aliphatic rings. The second-order valence-electron chi connectivity index (χ2n) is 7.70. The van der Waals surface area contributed by atoms with E-state index in [1.165, 1.54) is 12.5 Å². The lowest BCUT2D eigenvalue weighted by molar-refractivity contribution is -0.132. The first-order valence-corrected chi connectivity index (χ1v) is 11.4. The van der Waals surface area contributed by atoms with E-state index >= 15 is 0 Å². The fourth-order valence-corrected chi connectivity index (χ4v) is 5.24. The number of carbonyl (C=O) groups excluding carboxylic acids is 1. The lowest BCUT2D eigenvalue weighted by Gasteiger charge is -2.35. The van der Waals surface area contributed by atoms with Gasteiger partial charge in [0.1, 0.15) is 5.82 Å². The summed E-state index contributed by atoms with van der Waals surface area (Å²) in [5.74, 6) is 0.486. The maximum Gasteiger partial charge on any atom is 0.233 e. The summed E-state index contributed by atoms with van der Waals surface area (Å²) in [7, 11) is 0. The molecule has 1 unspecified atom stereocenters. The van der Waals surface area contributed by atoms with Gasteiger partial charge in [-0.3, -0.25) is 4.79 Å². The Morgan fingerprint density at radius 3 is 2.86 bits per heavy atom. The molecule has 0 N–H and O–H groups in total. The standard InChI is InChI=1S/C24H27FN2OS/c1-2-20-10-5-6-13-27(20)24(28)17-29-23-16-26(22-12-4-3-11-21(22)23)15-18-8-7-9-19(25)14-18/h3-4,7-9,11-12,14,16,20H,2,5-6,10,13,15,17H2,1H3. The largest absolute Gasteiger partial charge is 0.342 e. The molecule has 1 atom stereocenters. The number of hydrogen-bond acceptors (Lipinski definition) is 2. The lowest BCUT2D eigenvalue weighted by Crippen LogP contribution is -2.44. The Labute approximate surface area is 175 Å². The number of carbonyl (C=O) groups is 1. The van der Waals surface area contributed by atoms with Crippen LogP contribution in [0.2, 0.25) is 0 Å². The van der Waals surface area contributed by atoms with Crippen molar-refractivity contribution in [2.75, 3.05) is 12.3 Å². The minimum Gasteiger partial charge on any atom is -0.342 e. The van der Waals surface area contributed by atoms with Crippen molar-refractivity contribution in [3.63, 3.8) is 0 Å². The number of halogens is 1. The number of hydrogen-bond donors (Lipinski definition) is 0. The summed E-state index contributed by atoms with van der Waals surface area (Å²) in [5.41, 5.74) is 2.04. The van der Waals surface area contributed by atoms with Crippen LogP contribution in [0.3, 0.4) is 0 Å². The maximum atomic E-state index is 13.6. The Bertz CT molecular complexity index is 999. The zero-order chi connectivity index (χ0) is 20.2. The molecule has 3 aromatic rings. The van der Waals surface area contributed by atoms with E-state index in [4.69, 9.17) is 0 Å². The minimum atomic E-state index is -0.217. The second-order valence-corrected chi connectivity index (χ2v) is 8.72. The van der Waals surface area contributed by atoms with Gasteiger partial charge in [-0.1, -0.05) is 37.3 Å². The van der Waals surface area contributed by atoms with Gasteiger partial charge in [-0.15, -0.1) is 11.8 Å². The molecule has 0 saturated carbocycles. The number of para-hydroxylation sites is 1. The summed E-state index contributed by atoms with van der Waals surface area (Å²) >= 11 is 1.61. The smallest absolute Gasteiger partial charge is 0.233 e. The first-order chi connectivity index (χ1) is 14.2. The molecule has 0 spiro atoms. The van der Waals surface area contributed by atoms with Crippen LogP contribution in [-0.4, -0.2) is 33.7 Å². The lowest BCUT2D eigenvalue weighted by atomic mass is 10.0. The Balaban J connectivity index is 1.52. The fraction of sp³-hybridized carbons (Fsp3) is 0.375. The average Bonchev–Trinajstić information content (AvgIpc) is 3.09. The van der Waals surface area contributed by atoms with E-state index in [1.54, 1.807) is 23.9 Å². The molecule has 152 valence electrons. The van der Waals surface area contributed by atoms with Crippen molar-refractivity contribution < 1.29 is 9.18 Å². The molecule has 1 fully saturated rings. The molecule has 0 bridgehead atoms. The monoisotopic (exact) mass is 410 g/mol. The normalized spacial score (nSPS) is 17.0. The van der Waals surface area contributed by atoms with Gasteiger partial charge >= 0.3 is 0 Å². The number of likely N-dealkylation sites (tertiary alicyclic amines) is 1. The molecule has 4 rings (SSSR count). The van der Waals surface area contributed by atoms with Crippen molar-refractivity contribution in [1.29, 1.82) is 0 Å². The summed E-state index contributed by atoms with van der Waals surface area (Å²) in [5, 5.41) is 1.15. The fourth-order valence-electron chi connectivity index (χ4n) is 4.27. The zero-order valence-corrected chi connectivity index (χ0v) is 17.6. The van der Waals surface area contributed by atoms with Crippen molar-refractivity contribution in [3.05, 3.63) is 66.1 Å². The van der Waals surface area contributed by atoms with Crippen LogP contribution in [0.25, 0.3) is 10.9 Å². The van der Waals surface area contributed by atoms with Gasteiger partial charge in [0.2, 0.25) is 5.91 Å². The van der Waals surface area contributed by atoms with E-state index in [0.29, 0.717) is 18.3 Å². The predicted molar refractivity (Wildman–Crippen MR) is 118 cm³/mol. The number of rotatable bonds is 6. The van der Waals surface area contributed by atoms with Crippen LogP contribution >= 0.6 is 11.8 Å². The Kier molecular flexibility index (Phi) is 6.24. The summed E-state index contributed by atoms with van der Waals surface area (Å²) < 4.78 is 15.7. The number of fused-ring (bicyclic) bond motifs is 1. The predicted octanol–water partition coefficient (Wildman–Crippen LogP) is 5.71. The SMILES string of the molecule is CCC1CCCCN1C(=O)CSc1cn(Cc2cccc(F)c2)c2ccccc12. The molecule has 1 saturated heterocycles. The van der Waals surface area contributed by atoms with Gasteiger partial charge in [-0.25, -0.2) is 4.39 Å². The highest BCUT2D eigenvalue weighted by atomic mass is 32.2. The van der Waals surface area contributed by atoms with Gasteiger partial charge < -0.3 is 9.47 Å². The van der Waals surface area contributed by atoms with Gasteiger partial charge in [-0.2, -0.15) is 0 Å². The van der Waals surface area contributed by atoms with Crippen molar-refractivity contribution in [3.8, 4) is 0 Å². The van der Waals surface area contributed by atoms with E-state index in [1.807, 2.05) is 18.2 Å². The van der Waals surface area contributed by atoms with E-state index in [-0.39, 0.29) is 11.7 Å². The summed E-state index contributed by atoms with van der Waals surface area (Å²) in [6.45, 7) is 3.67. The number of piperidine rings is 1. The molecule has 2 aromatic carbocycles. The number of thioether (sulfide) groups is 1. The molecule has 2 heterocycles. The zero-order valence-electron chi connectivity index (χ0n) is 16.8. The highest BCUT2D eigenvalue weighted by Gasteiger charge is 2.25. The molecule has 0 aliphatic carbocycles. The first-order valence-electron chi connectivity index (χ1n) is 10.4. The van der Waals surface area contributed by atoms with Gasteiger partial charge in [0.15, 0.2) is 0 Å². The van der Waals surface area contributed by atoms with E-state index < -0.39 is 0 Å². The molecule has 1 aromatic heterocycles. The van der Waals surface area contributed by atoms with Crippen molar-refractivity contribution in [2.45, 2.75) is 50.1 Å². The van der Waals surface area contributed by atoms with Crippen LogP contribution in [0, 0.1) is 5.82 Å². The third-order valence-electron chi connectivity index (χ3n) is 5.76. The summed E-state index contributed by atoms with van der Waals surface area (Å²) in [4.78, 5) is 16.1. The average molecular weight is 411 g/mol. The van der Waals surface area contributed by atoms with Crippen LogP contribution in [0.15, 0.2) is 59.6 Å². The summed E-state index contributed by atoms with van der Waals surface area (Å²) in [6.07, 6.45) is 6.59. The third-order valence-corrected chi connectivity index (χ3v) is 6.79. The van der Waals surface area contributed by atoms with E-state index in [9.17, 15) is 9.18 Å². The first kappa shape index (κ1) is 20.0. The third kappa shape index (κ3) is 4.50. The second kappa shape index (κ2) is 9.04. The van der Waals surface area contributed by atoms with Gasteiger partial charge in [-0.05, 0) is 49.4 Å².